The first-order valence-corrected chi connectivity index (χ1v) is 13.2. The number of hydrogen-bond acceptors (Lipinski definition) is 7. The first-order valence-electron chi connectivity index (χ1n) is 9.08. The first-order chi connectivity index (χ1) is 14.1. The van der Waals surface area contributed by atoms with Gasteiger partial charge in [-0.3, -0.25) is 9.69 Å². The molecule has 1 aromatic heterocycles. The Hall–Kier alpha value is -1.36. The van der Waals surface area contributed by atoms with E-state index < -0.39 is 9.84 Å². The lowest BCUT2D eigenvalue weighted by Crippen LogP contribution is -2.37. The number of rotatable bonds is 8. The highest BCUT2D eigenvalue weighted by Gasteiger charge is 2.22. The number of thioether (sulfide) groups is 1. The van der Waals surface area contributed by atoms with Crippen LogP contribution >= 0.6 is 47.1 Å². The Morgan fingerprint density at radius 3 is 2.42 bits per heavy atom. The summed E-state index contributed by atoms with van der Waals surface area (Å²) in [4.78, 5) is 22.4. The highest BCUT2D eigenvalue weighted by molar-refractivity contribution is 8.00. The number of carbonyl (C=O) groups excluding carboxylic acids is 1. The molecular weight excluding hydrogens is 497 g/mol. The summed E-state index contributed by atoms with van der Waals surface area (Å²) in [6, 6.07) is 12.4. The SMILES string of the molecule is CN(C)CCN(C(=O)CSc1ccc(Cl)cc1)c1nc2c(S(C)(=O)=O)cccc2s1.Cl. The van der Waals surface area contributed by atoms with Crippen LogP contribution < -0.4 is 4.90 Å². The van der Waals surface area contributed by atoms with Crippen molar-refractivity contribution >= 4 is 78.2 Å². The number of aromatic nitrogens is 1. The minimum Gasteiger partial charge on any atom is -0.308 e. The molecule has 31 heavy (non-hydrogen) atoms. The van der Waals surface area contributed by atoms with Crippen molar-refractivity contribution in [3.05, 3.63) is 47.5 Å². The Morgan fingerprint density at radius 2 is 1.81 bits per heavy atom. The van der Waals surface area contributed by atoms with Gasteiger partial charge >= 0.3 is 0 Å². The molecule has 0 bridgehead atoms. The molecule has 0 spiro atoms. The maximum Gasteiger partial charge on any atom is 0.239 e. The number of sulfone groups is 1. The number of likely N-dealkylation sites (N-methyl/N-ethyl adjacent to an activating group) is 1. The average Bonchev–Trinajstić information content (AvgIpc) is 3.10. The van der Waals surface area contributed by atoms with Gasteiger partial charge in [-0.25, -0.2) is 13.4 Å². The summed E-state index contributed by atoms with van der Waals surface area (Å²) >= 11 is 8.67. The van der Waals surface area contributed by atoms with E-state index in [1.54, 1.807) is 29.2 Å². The third kappa shape index (κ3) is 6.81. The van der Waals surface area contributed by atoms with Crippen LogP contribution in [-0.4, -0.2) is 63.4 Å². The average molecular weight is 521 g/mol. The zero-order valence-corrected chi connectivity index (χ0v) is 21.3. The highest BCUT2D eigenvalue weighted by Crippen LogP contribution is 2.33. The summed E-state index contributed by atoms with van der Waals surface area (Å²) in [6.07, 6.45) is 1.17. The molecule has 1 heterocycles. The van der Waals surface area contributed by atoms with Crippen LogP contribution in [0.5, 0.6) is 0 Å². The first kappa shape index (κ1) is 25.9. The minimum absolute atomic E-state index is 0. The zero-order chi connectivity index (χ0) is 21.9. The quantitative estimate of drug-likeness (QED) is 0.409. The number of nitrogens with zero attached hydrogens (tertiary/aromatic N) is 3. The van der Waals surface area contributed by atoms with Crippen molar-refractivity contribution in [1.82, 2.24) is 9.88 Å². The van der Waals surface area contributed by atoms with E-state index in [-0.39, 0.29) is 29.0 Å². The Balaban J connectivity index is 0.00000341. The molecule has 0 fully saturated rings. The molecule has 6 nitrogen and oxygen atoms in total. The molecule has 0 aliphatic carbocycles. The van der Waals surface area contributed by atoms with Gasteiger partial charge in [-0.05, 0) is 50.5 Å². The summed E-state index contributed by atoms with van der Waals surface area (Å²) in [7, 11) is 0.452. The number of halogens is 2. The van der Waals surface area contributed by atoms with Gasteiger partial charge in [-0.2, -0.15) is 0 Å². The molecule has 11 heteroatoms. The van der Waals surface area contributed by atoms with E-state index in [1.807, 2.05) is 37.2 Å². The fourth-order valence-electron chi connectivity index (χ4n) is 2.71. The second-order valence-corrected chi connectivity index (χ2v) is 11.4. The van der Waals surface area contributed by atoms with Crippen LogP contribution in [0, 0.1) is 0 Å². The van der Waals surface area contributed by atoms with Crippen molar-refractivity contribution in [2.45, 2.75) is 9.79 Å². The van der Waals surface area contributed by atoms with Crippen LogP contribution in [0.1, 0.15) is 0 Å². The third-order valence-corrected chi connectivity index (χ3v) is 7.67. The Kier molecular flexibility index (Phi) is 9.17. The standard InChI is InChI=1S/C20H22ClN3O3S3.ClH/c1-23(2)11-12-24(18(25)13-28-15-9-7-14(21)8-10-15)20-22-19-16(29-20)5-4-6-17(19)30(3,26)27;/h4-10H,11-13H2,1-3H3;1H. The second-order valence-electron chi connectivity index (χ2n) is 6.96. The predicted molar refractivity (Wildman–Crippen MR) is 133 cm³/mol. The number of amides is 1. The number of carbonyl (C=O) groups is 1. The van der Waals surface area contributed by atoms with Crippen molar-refractivity contribution in [1.29, 1.82) is 0 Å². The van der Waals surface area contributed by atoms with Gasteiger partial charge in [0.05, 0.1) is 15.3 Å². The molecule has 0 aliphatic rings. The van der Waals surface area contributed by atoms with Crippen LogP contribution in [0.25, 0.3) is 10.2 Å². The van der Waals surface area contributed by atoms with Gasteiger partial charge in [0.2, 0.25) is 5.91 Å². The number of anilines is 1. The normalized spacial score (nSPS) is 11.5. The molecule has 3 rings (SSSR count). The number of hydrogen-bond donors (Lipinski definition) is 0. The van der Waals surface area contributed by atoms with E-state index in [9.17, 15) is 13.2 Å². The van der Waals surface area contributed by atoms with E-state index in [4.69, 9.17) is 11.6 Å². The van der Waals surface area contributed by atoms with Gasteiger partial charge in [0.1, 0.15) is 5.52 Å². The topological polar surface area (TPSA) is 70.6 Å². The molecule has 0 atom stereocenters. The summed E-state index contributed by atoms with van der Waals surface area (Å²) in [6.45, 7) is 1.12. The van der Waals surface area contributed by atoms with Crippen LogP contribution in [0.15, 0.2) is 52.3 Å². The molecule has 168 valence electrons. The highest BCUT2D eigenvalue weighted by atomic mass is 35.5. The van der Waals surface area contributed by atoms with Gasteiger partial charge in [-0.1, -0.05) is 29.0 Å². The van der Waals surface area contributed by atoms with Crippen molar-refractivity contribution in [2.75, 3.05) is 44.1 Å². The van der Waals surface area contributed by atoms with E-state index in [1.165, 1.54) is 29.4 Å². The summed E-state index contributed by atoms with van der Waals surface area (Å²) in [5.41, 5.74) is 0.410. The Morgan fingerprint density at radius 1 is 1.13 bits per heavy atom. The molecule has 0 unspecified atom stereocenters. The van der Waals surface area contributed by atoms with Gasteiger partial charge in [-0.15, -0.1) is 24.2 Å². The molecule has 0 N–H and O–H groups in total. The van der Waals surface area contributed by atoms with E-state index in [0.717, 1.165) is 9.60 Å². The number of fused-ring (bicyclic) bond motifs is 1. The zero-order valence-electron chi connectivity index (χ0n) is 17.2. The van der Waals surface area contributed by atoms with E-state index in [2.05, 4.69) is 4.98 Å². The van der Waals surface area contributed by atoms with Gasteiger partial charge in [0.15, 0.2) is 15.0 Å². The lowest BCUT2D eigenvalue weighted by atomic mass is 10.3. The van der Waals surface area contributed by atoms with Crippen molar-refractivity contribution in [3.8, 4) is 0 Å². The molecule has 0 saturated heterocycles. The lowest BCUT2D eigenvalue weighted by Gasteiger charge is -2.21. The number of para-hydroxylation sites is 1. The predicted octanol–water partition coefficient (Wildman–Crippen LogP) is 4.46. The second kappa shape index (κ2) is 11.0. The Labute approximate surface area is 201 Å². The maximum atomic E-state index is 13.1. The Bertz CT molecular complexity index is 1150. The van der Waals surface area contributed by atoms with Crippen LogP contribution in [0.4, 0.5) is 5.13 Å². The molecule has 1 amide bonds. The molecule has 0 saturated carbocycles. The fourth-order valence-corrected chi connectivity index (χ4v) is 5.54. The minimum atomic E-state index is -3.42. The van der Waals surface area contributed by atoms with Gasteiger partial charge in [0, 0.05) is 29.3 Å². The largest absolute Gasteiger partial charge is 0.308 e. The van der Waals surface area contributed by atoms with E-state index >= 15 is 0 Å². The lowest BCUT2D eigenvalue weighted by molar-refractivity contribution is -0.116. The molecular formula is C20H23Cl2N3O3S3. The fraction of sp³-hybridized carbons (Fsp3) is 0.300. The van der Waals surface area contributed by atoms with Crippen LogP contribution in [-0.2, 0) is 14.6 Å². The maximum absolute atomic E-state index is 13.1. The van der Waals surface area contributed by atoms with Gasteiger partial charge in [0.25, 0.3) is 0 Å². The van der Waals surface area contributed by atoms with Gasteiger partial charge < -0.3 is 4.90 Å². The smallest absolute Gasteiger partial charge is 0.239 e. The van der Waals surface area contributed by atoms with Crippen LogP contribution in [0.3, 0.4) is 0 Å². The third-order valence-electron chi connectivity index (χ3n) is 4.25. The van der Waals surface area contributed by atoms with Crippen molar-refractivity contribution in [3.63, 3.8) is 0 Å². The molecule has 0 radical (unpaired) electrons. The summed E-state index contributed by atoms with van der Waals surface area (Å²) in [5.74, 6) is 0.154. The molecule has 0 aliphatic heterocycles. The number of thiazole rings is 1. The van der Waals surface area contributed by atoms with Crippen molar-refractivity contribution < 1.29 is 13.2 Å². The summed E-state index contributed by atoms with van der Waals surface area (Å²) < 4.78 is 25.0. The monoisotopic (exact) mass is 519 g/mol. The van der Waals surface area contributed by atoms with E-state index in [0.29, 0.717) is 28.8 Å². The van der Waals surface area contributed by atoms with Crippen LogP contribution in [0.2, 0.25) is 5.02 Å². The molecule has 3 aromatic rings. The number of benzene rings is 2. The van der Waals surface area contributed by atoms with Crippen molar-refractivity contribution in [2.24, 2.45) is 0 Å². The summed E-state index contributed by atoms with van der Waals surface area (Å²) in [5, 5.41) is 1.15. The molecule has 2 aromatic carbocycles.